The summed E-state index contributed by atoms with van der Waals surface area (Å²) in [4.78, 5) is 7.19. The third kappa shape index (κ3) is 6.21. The van der Waals surface area contributed by atoms with Gasteiger partial charge in [0.05, 0.1) is 40.4 Å². The van der Waals surface area contributed by atoms with Gasteiger partial charge in [0.1, 0.15) is 21.3 Å². The van der Waals surface area contributed by atoms with Gasteiger partial charge in [-0.25, -0.2) is 17.8 Å². The van der Waals surface area contributed by atoms with E-state index in [2.05, 4.69) is 21.5 Å². The van der Waals surface area contributed by atoms with Crippen molar-refractivity contribution in [1.82, 2.24) is 24.2 Å². The van der Waals surface area contributed by atoms with E-state index in [1.807, 2.05) is 36.0 Å². The predicted molar refractivity (Wildman–Crippen MR) is 156 cm³/mol. The zero-order chi connectivity index (χ0) is 28.7. The van der Waals surface area contributed by atoms with E-state index in [9.17, 15) is 17.9 Å². The minimum Gasteiger partial charge on any atom is -0.389 e. The van der Waals surface area contributed by atoms with E-state index in [0.717, 1.165) is 22.3 Å². The summed E-state index contributed by atoms with van der Waals surface area (Å²) in [5.41, 5.74) is 3.56. The van der Waals surface area contributed by atoms with Gasteiger partial charge in [-0.15, -0.1) is 0 Å². The highest BCUT2D eigenvalue weighted by Crippen LogP contribution is 2.30. The lowest BCUT2D eigenvalue weighted by atomic mass is 10.0. The number of aryl methyl sites for hydroxylation is 1. The molecule has 0 bridgehead atoms. The molecule has 1 fully saturated rings. The van der Waals surface area contributed by atoms with E-state index in [1.165, 1.54) is 6.07 Å². The molecule has 1 saturated heterocycles. The predicted octanol–water partition coefficient (Wildman–Crippen LogP) is 3.80. The summed E-state index contributed by atoms with van der Waals surface area (Å²) >= 11 is 0. The van der Waals surface area contributed by atoms with Gasteiger partial charge in [-0.3, -0.25) is 14.1 Å². The monoisotopic (exact) mass is 568 g/mol. The van der Waals surface area contributed by atoms with Crippen LogP contribution in [0.2, 0.25) is 0 Å². The van der Waals surface area contributed by atoms with Gasteiger partial charge in [-0.1, -0.05) is 6.07 Å². The van der Waals surface area contributed by atoms with Gasteiger partial charge in [0.25, 0.3) is 0 Å². The van der Waals surface area contributed by atoms with Crippen molar-refractivity contribution >= 4 is 26.6 Å². The summed E-state index contributed by atoms with van der Waals surface area (Å²) < 4.78 is 42.4. The summed E-state index contributed by atoms with van der Waals surface area (Å²) in [5.74, 6) is 0.0268. The Morgan fingerprint density at radius 3 is 2.55 bits per heavy atom. The van der Waals surface area contributed by atoms with Gasteiger partial charge >= 0.3 is 0 Å². The SMILES string of the molecule is CNc1ccc(-c2ccc3c(CCN(CC(C)(C)O)C4CCS(=O)(=O)CC4)cn(-c4cnn(C)c4)c3n2)cc1F. The Hall–Kier alpha value is -3.28. The minimum absolute atomic E-state index is 0.0989. The third-order valence-electron chi connectivity index (χ3n) is 7.54. The quantitative estimate of drug-likeness (QED) is 0.317. The number of fused-ring (bicyclic) bond motifs is 1. The van der Waals surface area contributed by atoms with Crippen LogP contribution in [0.4, 0.5) is 10.1 Å². The number of nitrogens with zero attached hydrogens (tertiary/aromatic N) is 5. The molecular formula is C29H37FN6O3S. The molecule has 11 heteroatoms. The first-order valence-electron chi connectivity index (χ1n) is 13.6. The lowest BCUT2D eigenvalue weighted by molar-refractivity contribution is 0.0191. The van der Waals surface area contributed by atoms with Crippen molar-refractivity contribution in [3.05, 3.63) is 60.3 Å². The van der Waals surface area contributed by atoms with Gasteiger partial charge in [0.15, 0.2) is 0 Å². The number of nitrogens with one attached hydrogen (secondary N) is 1. The van der Waals surface area contributed by atoms with Crippen LogP contribution in [-0.2, 0) is 23.3 Å². The van der Waals surface area contributed by atoms with Gasteiger partial charge < -0.3 is 10.4 Å². The van der Waals surface area contributed by atoms with E-state index in [1.54, 1.807) is 37.8 Å². The van der Waals surface area contributed by atoms with Crippen molar-refractivity contribution in [3.63, 3.8) is 0 Å². The molecule has 0 spiro atoms. The van der Waals surface area contributed by atoms with Crippen LogP contribution < -0.4 is 5.32 Å². The van der Waals surface area contributed by atoms with Crippen molar-refractivity contribution in [2.75, 3.05) is 37.0 Å². The molecule has 4 aromatic rings. The largest absolute Gasteiger partial charge is 0.389 e. The molecule has 3 aromatic heterocycles. The zero-order valence-corrected chi connectivity index (χ0v) is 24.2. The number of halogens is 1. The maximum absolute atomic E-state index is 14.5. The molecule has 0 saturated carbocycles. The van der Waals surface area contributed by atoms with E-state index in [-0.39, 0.29) is 23.4 Å². The highest BCUT2D eigenvalue weighted by atomic mass is 32.2. The number of pyridine rings is 1. The molecule has 2 N–H and O–H groups in total. The fourth-order valence-electron chi connectivity index (χ4n) is 5.53. The summed E-state index contributed by atoms with van der Waals surface area (Å²) in [6, 6.07) is 9.07. The average molecular weight is 569 g/mol. The first-order valence-corrected chi connectivity index (χ1v) is 15.4. The van der Waals surface area contributed by atoms with Gasteiger partial charge in [-0.2, -0.15) is 5.10 Å². The van der Waals surface area contributed by atoms with Crippen molar-refractivity contribution in [1.29, 1.82) is 0 Å². The van der Waals surface area contributed by atoms with Gasteiger partial charge in [-0.05, 0) is 62.9 Å². The number of aromatic nitrogens is 4. The van der Waals surface area contributed by atoms with E-state index in [0.29, 0.717) is 49.3 Å². The summed E-state index contributed by atoms with van der Waals surface area (Å²) in [6.07, 6.45) is 7.60. The molecule has 4 heterocycles. The summed E-state index contributed by atoms with van der Waals surface area (Å²) in [5, 5.41) is 18.8. The topological polar surface area (TPSA) is 105 Å². The summed E-state index contributed by atoms with van der Waals surface area (Å²) in [6.45, 7) is 4.69. The van der Waals surface area contributed by atoms with Crippen LogP contribution >= 0.6 is 0 Å². The van der Waals surface area contributed by atoms with Crippen molar-refractivity contribution in [3.8, 4) is 16.9 Å². The molecule has 0 aliphatic carbocycles. The van der Waals surface area contributed by atoms with Gasteiger partial charge in [0, 0.05) is 56.6 Å². The normalized spacial score (nSPS) is 16.2. The molecule has 1 aromatic carbocycles. The molecular weight excluding hydrogens is 531 g/mol. The fraction of sp³-hybridized carbons (Fsp3) is 0.448. The lowest BCUT2D eigenvalue weighted by Gasteiger charge is -2.37. The molecule has 40 heavy (non-hydrogen) atoms. The highest BCUT2D eigenvalue weighted by Gasteiger charge is 2.31. The first kappa shape index (κ1) is 28.3. The van der Waals surface area contributed by atoms with E-state index < -0.39 is 15.4 Å². The van der Waals surface area contributed by atoms with Crippen LogP contribution in [0.5, 0.6) is 0 Å². The molecule has 0 unspecified atom stereocenters. The Balaban J connectivity index is 1.49. The molecule has 9 nitrogen and oxygen atoms in total. The first-order chi connectivity index (χ1) is 18.9. The van der Waals surface area contributed by atoms with Crippen LogP contribution in [0, 0.1) is 5.82 Å². The molecule has 1 aliphatic rings. The molecule has 0 amide bonds. The van der Waals surface area contributed by atoms with Crippen LogP contribution in [0.25, 0.3) is 28.0 Å². The molecule has 214 valence electrons. The lowest BCUT2D eigenvalue weighted by Crippen LogP contribution is -2.48. The molecule has 5 rings (SSSR count). The van der Waals surface area contributed by atoms with Crippen molar-refractivity contribution in [2.45, 2.75) is 44.8 Å². The second-order valence-corrected chi connectivity index (χ2v) is 13.6. The Labute approximate surface area is 234 Å². The Bertz CT molecular complexity index is 1610. The number of hydrogen-bond acceptors (Lipinski definition) is 7. The second-order valence-electron chi connectivity index (χ2n) is 11.3. The van der Waals surface area contributed by atoms with Crippen LogP contribution in [-0.4, -0.2) is 81.0 Å². The van der Waals surface area contributed by atoms with Gasteiger partial charge in [0.2, 0.25) is 0 Å². The molecule has 1 aliphatic heterocycles. The number of aliphatic hydroxyl groups is 1. The highest BCUT2D eigenvalue weighted by molar-refractivity contribution is 7.91. The maximum atomic E-state index is 14.5. The van der Waals surface area contributed by atoms with Crippen molar-refractivity contribution in [2.24, 2.45) is 7.05 Å². The van der Waals surface area contributed by atoms with Crippen LogP contribution in [0.3, 0.4) is 0 Å². The van der Waals surface area contributed by atoms with Crippen LogP contribution in [0.15, 0.2) is 48.9 Å². The maximum Gasteiger partial charge on any atom is 0.150 e. The molecule has 0 atom stereocenters. The Kier molecular flexibility index (Phi) is 7.73. The minimum atomic E-state index is -2.98. The molecule has 0 radical (unpaired) electrons. The average Bonchev–Trinajstić information content (AvgIpc) is 3.48. The fourth-order valence-corrected chi connectivity index (χ4v) is 7.00. The number of anilines is 1. The second kappa shape index (κ2) is 10.9. The number of benzene rings is 1. The number of rotatable bonds is 9. The Morgan fingerprint density at radius 1 is 1.18 bits per heavy atom. The zero-order valence-electron chi connectivity index (χ0n) is 23.4. The standard InChI is InChI=1S/C29H37FN6O3S/c1-29(2,37)19-35(22-10-13-40(38,39)14-11-22)12-9-21-17-36(23-16-32-34(4)18-23)28-24(21)6-8-26(33-28)20-5-7-27(31-3)25(30)15-20/h5-8,15-18,22,31,37H,9-14,19H2,1-4H3. The Morgan fingerprint density at radius 2 is 1.93 bits per heavy atom. The van der Waals surface area contributed by atoms with E-state index >= 15 is 0 Å². The number of hydrogen-bond donors (Lipinski definition) is 2. The summed E-state index contributed by atoms with van der Waals surface area (Å²) in [7, 11) is 0.562. The van der Waals surface area contributed by atoms with E-state index in [4.69, 9.17) is 4.98 Å². The van der Waals surface area contributed by atoms with Crippen molar-refractivity contribution < 1.29 is 17.9 Å². The number of sulfone groups is 1. The smallest absolute Gasteiger partial charge is 0.150 e. The third-order valence-corrected chi connectivity index (χ3v) is 9.25. The van der Waals surface area contributed by atoms with Crippen LogP contribution in [0.1, 0.15) is 32.3 Å².